The first-order valence-corrected chi connectivity index (χ1v) is 8.20. The number of amides is 2. The minimum atomic E-state index is -4.70. The molecule has 25 heavy (non-hydrogen) atoms. The molecule has 0 saturated heterocycles. The fourth-order valence-corrected chi connectivity index (χ4v) is 2.81. The van der Waals surface area contributed by atoms with E-state index in [1.54, 1.807) is 24.1 Å². The van der Waals surface area contributed by atoms with Crippen LogP contribution >= 0.6 is 0 Å². The van der Waals surface area contributed by atoms with Gasteiger partial charge in [-0.1, -0.05) is 25.5 Å². The predicted octanol–water partition coefficient (Wildman–Crippen LogP) is 3.02. The summed E-state index contributed by atoms with van der Waals surface area (Å²) in [6.07, 6.45) is -3.74. The van der Waals surface area contributed by atoms with Gasteiger partial charge in [-0.2, -0.15) is 13.2 Å². The second-order valence-electron chi connectivity index (χ2n) is 6.18. The molecular formula is C17H22F3N3O2. The molecule has 0 unspecified atom stereocenters. The zero-order chi connectivity index (χ0) is 18.6. The van der Waals surface area contributed by atoms with Crippen molar-refractivity contribution in [2.75, 3.05) is 30.4 Å². The predicted molar refractivity (Wildman–Crippen MR) is 89.4 cm³/mol. The Kier molecular flexibility index (Phi) is 6.05. The molecule has 1 aromatic rings. The van der Waals surface area contributed by atoms with E-state index in [-0.39, 0.29) is 17.9 Å². The van der Waals surface area contributed by atoms with E-state index in [1.807, 2.05) is 6.92 Å². The number of rotatable bonds is 5. The standard InChI is InChI=1S/C17H22F3N3O2/c1-3-4-9-22(2)11-16(25)23-13-8-6-5-7-12(13)21-15(24)10-14(23)17(18,19)20/h5-8,14H,3-4,9-11H2,1-2H3,(H,21,24)/t14-/m0/s1. The number of alkyl halides is 3. The molecule has 2 amide bonds. The summed E-state index contributed by atoms with van der Waals surface area (Å²) in [7, 11) is 1.70. The van der Waals surface area contributed by atoms with E-state index >= 15 is 0 Å². The highest BCUT2D eigenvalue weighted by Crippen LogP contribution is 2.37. The van der Waals surface area contributed by atoms with E-state index in [4.69, 9.17) is 0 Å². The van der Waals surface area contributed by atoms with Gasteiger partial charge in [-0.05, 0) is 32.1 Å². The van der Waals surface area contributed by atoms with Crippen molar-refractivity contribution in [3.8, 4) is 0 Å². The van der Waals surface area contributed by atoms with Crippen molar-refractivity contribution in [1.82, 2.24) is 4.90 Å². The lowest BCUT2D eigenvalue weighted by Gasteiger charge is -2.33. The number of carbonyl (C=O) groups is 2. The molecule has 1 atom stereocenters. The normalized spacial score (nSPS) is 17.9. The second kappa shape index (κ2) is 7.86. The van der Waals surface area contributed by atoms with Crippen molar-refractivity contribution in [3.63, 3.8) is 0 Å². The third-order valence-electron chi connectivity index (χ3n) is 4.07. The van der Waals surface area contributed by atoms with E-state index in [9.17, 15) is 22.8 Å². The summed E-state index contributed by atoms with van der Waals surface area (Å²) in [6, 6.07) is 3.88. The molecule has 2 rings (SSSR count). The molecule has 0 fully saturated rings. The number of benzene rings is 1. The highest BCUT2D eigenvalue weighted by atomic mass is 19.4. The van der Waals surface area contributed by atoms with Gasteiger partial charge in [0, 0.05) is 0 Å². The molecule has 0 aliphatic carbocycles. The molecule has 1 heterocycles. The molecule has 8 heteroatoms. The second-order valence-corrected chi connectivity index (χ2v) is 6.18. The number of nitrogens with zero attached hydrogens (tertiary/aromatic N) is 2. The van der Waals surface area contributed by atoms with Crippen molar-refractivity contribution >= 4 is 23.2 Å². The number of anilines is 2. The van der Waals surface area contributed by atoms with Crippen LogP contribution < -0.4 is 10.2 Å². The van der Waals surface area contributed by atoms with Crippen molar-refractivity contribution in [3.05, 3.63) is 24.3 Å². The van der Waals surface area contributed by atoms with Crippen LogP contribution in [0, 0.1) is 0 Å². The highest BCUT2D eigenvalue weighted by molar-refractivity contribution is 6.05. The molecule has 1 aliphatic rings. The molecule has 5 nitrogen and oxygen atoms in total. The molecule has 0 aromatic heterocycles. The lowest BCUT2D eigenvalue weighted by atomic mass is 10.1. The summed E-state index contributed by atoms with van der Waals surface area (Å²) in [4.78, 5) is 27.0. The Hall–Kier alpha value is -2.09. The van der Waals surface area contributed by atoms with Gasteiger partial charge in [0.1, 0.15) is 6.04 Å². The number of nitrogens with one attached hydrogen (secondary N) is 1. The van der Waals surface area contributed by atoms with Crippen molar-refractivity contribution in [2.24, 2.45) is 0 Å². The van der Waals surface area contributed by atoms with Gasteiger partial charge in [-0.15, -0.1) is 0 Å². The zero-order valence-electron chi connectivity index (χ0n) is 14.3. The van der Waals surface area contributed by atoms with Crippen molar-refractivity contribution in [2.45, 2.75) is 38.4 Å². The topological polar surface area (TPSA) is 52.7 Å². The minimum absolute atomic E-state index is 0.0737. The Morgan fingerprint density at radius 2 is 2.04 bits per heavy atom. The summed E-state index contributed by atoms with van der Waals surface area (Å²) in [5.74, 6) is -1.44. The number of carbonyl (C=O) groups excluding carboxylic acids is 2. The third-order valence-corrected chi connectivity index (χ3v) is 4.07. The SMILES string of the molecule is CCCCN(C)CC(=O)N1c2ccccc2NC(=O)C[C@H]1C(F)(F)F. The molecular weight excluding hydrogens is 335 g/mol. The number of unbranched alkanes of at least 4 members (excludes halogenated alkanes) is 1. The summed E-state index contributed by atoms with van der Waals surface area (Å²) in [5, 5.41) is 2.45. The van der Waals surface area contributed by atoms with Gasteiger partial charge in [0.2, 0.25) is 11.8 Å². The highest BCUT2D eigenvalue weighted by Gasteiger charge is 2.48. The number of likely N-dealkylation sites (N-methyl/N-ethyl adjacent to an activating group) is 1. The van der Waals surface area contributed by atoms with Gasteiger partial charge in [0.05, 0.1) is 24.3 Å². The molecule has 0 bridgehead atoms. The Labute approximate surface area is 144 Å². The van der Waals surface area contributed by atoms with Crippen LogP contribution in [0.5, 0.6) is 0 Å². The number of halogens is 3. The largest absolute Gasteiger partial charge is 0.409 e. The van der Waals surface area contributed by atoms with Crippen LogP contribution in [-0.4, -0.2) is 49.1 Å². The number of para-hydroxylation sites is 2. The summed E-state index contributed by atoms with van der Waals surface area (Å²) in [5.41, 5.74) is 0.286. The first kappa shape index (κ1) is 19.2. The van der Waals surface area contributed by atoms with Crippen LogP contribution in [0.15, 0.2) is 24.3 Å². The van der Waals surface area contributed by atoms with Crippen molar-refractivity contribution in [1.29, 1.82) is 0 Å². The Morgan fingerprint density at radius 3 is 2.68 bits per heavy atom. The Balaban J connectivity index is 2.37. The molecule has 0 radical (unpaired) electrons. The monoisotopic (exact) mass is 357 g/mol. The molecule has 0 saturated carbocycles. The van der Waals surface area contributed by atoms with Crippen LogP contribution in [0.25, 0.3) is 0 Å². The lowest BCUT2D eigenvalue weighted by Crippen LogP contribution is -2.52. The van der Waals surface area contributed by atoms with E-state index in [0.717, 1.165) is 17.7 Å². The van der Waals surface area contributed by atoms with Crippen molar-refractivity contribution < 1.29 is 22.8 Å². The van der Waals surface area contributed by atoms with E-state index < -0.39 is 30.5 Å². The average molecular weight is 357 g/mol. The van der Waals surface area contributed by atoms with Crippen LogP contribution in [0.1, 0.15) is 26.2 Å². The van der Waals surface area contributed by atoms with Crippen LogP contribution in [0.4, 0.5) is 24.5 Å². The van der Waals surface area contributed by atoms with Gasteiger partial charge in [-0.25, -0.2) is 0 Å². The molecule has 0 spiro atoms. The smallest absolute Gasteiger partial charge is 0.324 e. The van der Waals surface area contributed by atoms with E-state index in [1.165, 1.54) is 12.1 Å². The summed E-state index contributed by atoms with van der Waals surface area (Å²) in [6.45, 7) is 2.47. The lowest BCUT2D eigenvalue weighted by molar-refractivity contribution is -0.158. The quantitative estimate of drug-likeness (QED) is 0.881. The van der Waals surface area contributed by atoms with E-state index in [2.05, 4.69) is 5.32 Å². The summed E-state index contributed by atoms with van der Waals surface area (Å²) < 4.78 is 40.7. The van der Waals surface area contributed by atoms with E-state index in [0.29, 0.717) is 6.54 Å². The Bertz CT molecular complexity index is 634. The fourth-order valence-electron chi connectivity index (χ4n) is 2.81. The molecule has 138 valence electrons. The zero-order valence-corrected chi connectivity index (χ0v) is 14.3. The third kappa shape index (κ3) is 4.72. The fraction of sp³-hybridized carbons (Fsp3) is 0.529. The maximum absolute atomic E-state index is 13.6. The van der Waals surface area contributed by atoms with Crippen LogP contribution in [0.3, 0.4) is 0 Å². The minimum Gasteiger partial charge on any atom is -0.324 e. The van der Waals surface area contributed by atoms with Gasteiger partial charge >= 0.3 is 6.18 Å². The van der Waals surface area contributed by atoms with Crippen LogP contribution in [0.2, 0.25) is 0 Å². The number of hydrogen-bond donors (Lipinski definition) is 1. The van der Waals surface area contributed by atoms with Gasteiger partial charge in [0.15, 0.2) is 0 Å². The maximum atomic E-state index is 13.6. The van der Waals surface area contributed by atoms with Gasteiger partial charge < -0.3 is 5.32 Å². The van der Waals surface area contributed by atoms with Gasteiger partial charge in [-0.3, -0.25) is 19.4 Å². The first-order chi connectivity index (χ1) is 11.7. The maximum Gasteiger partial charge on any atom is 0.409 e. The molecule has 1 aromatic carbocycles. The number of hydrogen-bond acceptors (Lipinski definition) is 3. The van der Waals surface area contributed by atoms with Gasteiger partial charge in [0.25, 0.3) is 0 Å². The number of fused-ring (bicyclic) bond motifs is 1. The molecule has 1 aliphatic heterocycles. The summed E-state index contributed by atoms with van der Waals surface area (Å²) >= 11 is 0. The Morgan fingerprint density at radius 1 is 1.36 bits per heavy atom. The average Bonchev–Trinajstić information content (AvgIpc) is 2.68. The first-order valence-electron chi connectivity index (χ1n) is 8.20. The molecule has 1 N–H and O–H groups in total. The van der Waals surface area contributed by atoms with Crippen LogP contribution in [-0.2, 0) is 9.59 Å².